The summed E-state index contributed by atoms with van der Waals surface area (Å²) in [6.07, 6.45) is 14.8. The molecule has 0 spiro atoms. The van der Waals surface area contributed by atoms with E-state index in [1.54, 1.807) is 50.0 Å². The summed E-state index contributed by atoms with van der Waals surface area (Å²) in [5.41, 5.74) is -6.14. The number of carbonyl (C=O) groups excluding carboxylic acids is 6. The first-order chi connectivity index (χ1) is 51.4. The molecule has 6 aliphatic rings. The molecule has 0 saturated carbocycles. The summed E-state index contributed by atoms with van der Waals surface area (Å²) in [6.45, 7) is 12.6. The standard InChI is InChI=1S/C27H30F3N3O5.C25H26F3N3O5.C23H22F3N3O5/c1-4-6-9-38-25-23-27(36)32-14-21(22(37-5-2)8-7-15(32)3)33(23)13-18(24(25)34)26(35)31-12-17-19(29)10-16(28)11-20(17)30;1-3-4-7-36-23-21-25(35)30-12-19(20(32)6-5-13(30)2)31(21)11-16(22(23)33)24(34)29-10-15-17(27)8-14(26)9-18(15)28;1-3-34-18-5-4-11(2)28-10-17(18)29-9-14(20(30)21(31)19(29)23(28)33)22(32)27-8-13-15(25)6-12(24)7-16(13)26/h7-8,10-11,13,15,21-22H,4-6,9,12,14H2,1-3H3,(H,31,35);5-6,8-9,11,13,19-20,32H,3-4,7,10,12H2,1-2H3,(H,29,34);4-7,9,11,17-18,31H,3,8,10H2,1-2H3,(H,27,32)/t15-,21+,22-;13-,19+,20-;11-,17+,18-/m000/s1. The third-order valence-electron chi connectivity index (χ3n) is 19.1. The van der Waals surface area contributed by atoms with Crippen LogP contribution >= 0.6 is 0 Å². The molecule has 0 saturated heterocycles. The fourth-order valence-electron chi connectivity index (χ4n) is 13.3. The third-order valence-corrected chi connectivity index (χ3v) is 19.1. The molecule has 6 amide bonds. The molecule has 0 aliphatic carbocycles. The summed E-state index contributed by atoms with van der Waals surface area (Å²) < 4.78 is 151. The summed E-state index contributed by atoms with van der Waals surface area (Å²) in [5.74, 6) is -16.3. The van der Waals surface area contributed by atoms with Gasteiger partial charge in [-0.05, 0) is 47.5 Å². The van der Waals surface area contributed by atoms with Crippen LogP contribution in [0.25, 0.3) is 0 Å². The largest absolute Gasteiger partial charge is 0.503 e. The lowest BCUT2D eigenvalue weighted by Gasteiger charge is -2.39. The van der Waals surface area contributed by atoms with Gasteiger partial charge < -0.3 is 73.5 Å². The van der Waals surface area contributed by atoms with Gasteiger partial charge in [0, 0.05) is 142 Å². The molecule has 9 atom stereocenters. The van der Waals surface area contributed by atoms with Gasteiger partial charge in [-0.1, -0.05) is 63.1 Å². The highest BCUT2D eigenvalue weighted by Crippen LogP contribution is 2.38. The Bertz CT molecular complexity index is 4740. The van der Waals surface area contributed by atoms with E-state index in [4.69, 9.17) is 18.9 Å². The van der Waals surface area contributed by atoms with Gasteiger partial charge in [0.25, 0.3) is 35.4 Å². The zero-order valence-corrected chi connectivity index (χ0v) is 59.5. The van der Waals surface area contributed by atoms with Crippen LogP contribution in [0.3, 0.4) is 0 Å². The quantitative estimate of drug-likeness (QED) is 0.0256. The van der Waals surface area contributed by atoms with Gasteiger partial charge in [0.15, 0.2) is 34.3 Å². The van der Waals surface area contributed by atoms with Crippen molar-refractivity contribution in [1.29, 1.82) is 0 Å². The van der Waals surface area contributed by atoms with Crippen molar-refractivity contribution in [2.45, 2.75) is 148 Å². The number of nitrogens with one attached hydrogen (secondary N) is 3. The molecule has 6 aromatic rings. The van der Waals surface area contributed by atoms with E-state index in [0.717, 1.165) is 25.2 Å². The van der Waals surface area contributed by atoms with Crippen LogP contribution in [-0.4, -0.2) is 157 Å². The summed E-state index contributed by atoms with van der Waals surface area (Å²) in [5, 5.41) is 28.1. The van der Waals surface area contributed by atoms with E-state index in [1.165, 1.54) is 29.7 Å². The number of hydrogen-bond acceptors (Lipinski definition) is 15. The van der Waals surface area contributed by atoms with Crippen molar-refractivity contribution in [3.05, 3.63) is 225 Å². The highest BCUT2D eigenvalue weighted by molar-refractivity contribution is 6.02. The predicted octanol–water partition coefficient (Wildman–Crippen LogP) is 8.69. The van der Waals surface area contributed by atoms with Gasteiger partial charge in [-0.3, -0.25) is 43.2 Å². The molecular weight excluding hydrogens is 1440 g/mol. The molecular formula is C75H78F9N9O15. The molecule has 12 rings (SSSR count). The van der Waals surface area contributed by atoms with Crippen LogP contribution in [0.15, 0.2) is 106 Å². The second kappa shape index (κ2) is 34.0. The lowest BCUT2D eigenvalue weighted by atomic mass is 10.0. The predicted molar refractivity (Wildman–Crippen MR) is 370 cm³/mol. The number of ether oxygens (including phenoxy) is 4. The molecule has 5 N–H and O–H groups in total. The Balaban J connectivity index is 0.000000173. The number of halogens is 9. The molecule has 6 bridgehead atoms. The van der Waals surface area contributed by atoms with Gasteiger partial charge in [0.2, 0.25) is 16.3 Å². The van der Waals surface area contributed by atoms with Gasteiger partial charge >= 0.3 is 0 Å². The van der Waals surface area contributed by atoms with Crippen LogP contribution in [0, 0.1) is 52.4 Å². The molecule has 6 aliphatic heterocycles. The zero-order chi connectivity index (χ0) is 78.4. The van der Waals surface area contributed by atoms with Crippen LogP contribution in [0.5, 0.6) is 17.2 Å². The van der Waals surface area contributed by atoms with Gasteiger partial charge in [-0.25, -0.2) is 39.5 Å². The summed E-state index contributed by atoms with van der Waals surface area (Å²) in [7, 11) is 0. The van der Waals surface area contributed by atoms with Crippen LogP contribution in [0.2, 0.25) is 0 Å². The maximum Gasteiger partial charge on any atom is 0.275 e. The Morgan fingerprint density at radius 3 is 1.09 bits per heavy atom. The van der Waals surface area contributed by atoms with Crippen molar-refractivity contribution < 1.29 is 97.4 Å². The van der Waals surface area contributed by atoms with E-state index in [9.17, 15) is 92.9 Å². The maximum absolute atomic E-state index is 14.1. The fourth-order valence-corrected chi connectivity index (χ4v) is 13.3. The molecule has 24 nitrogen and oxygen atoms in total. The molecule has 33 heteroatoms. The molecule has 0 radical (unpaired) electrons. The Labute approximate surface area is 611 Å². The second-order valence-electron chi connectivity index (χ2n) is 26.2. The van der Waals surface area contributed by atoms with Crippen LogP contribution < -0.4 is 41.7 Å². The number of aliphatic hydroxyl groups excluding tert-OH is 1. The number of benzene rings is 3. The lowest BCUT2D eigenvalue weighted by molar-refractivity contribution is 0.0289. The first-order valence-electron chi connectivity index (χ1n) is 34.9. The lowest BCUT2D eigenvalue weighted by Crippen LogP contribution is -2.50. The van der Waals surface area contributed by atoms with E-state index in [0.29, 0.717) is 62.5 Å². The number of amides is 6. The number of carbonyl (C=O) groups is 6. The van der Waals surface area contributed by atoms with Crippen molar-refractivity contribution >= 4 is 35.4 Å². The smallest absolute Gasteiger partial charge is 0.275 e. The van der Waals surface area contributed by atoms with E-state index in [1.807, 2.05) is 39.8 Å². The van der Waals surface area contributed by atoms with Crippen LogP contribution in [0.1, 0.15) is 172 Å². The van der Waals surface area contributed by atoms with Crippen molar-refractivity contribution in [2.24, 2.45) is 0 Å². The van der Waals surface area contributed by atoms with E-state index >= 15 is 0 Å². The monoisotopic (exact) mass is 1520 g/mol. The number of aromatic nitrogens is 3. The van der Waals surface area contributed by atoms with Crippen LogP contribution in [-0.2, 0) is 29.1 Å². The highest BCUT2D eigenvalue weighted by atomic mass is 19.2. The third kappa shape index (κ3) is 16.4. The van der Waals surface area contributed by atoms with E-state index < -0.39 is 194 Å². The van der Waals surface area contributed by atoms with Crippen molar-refractivity contribution in [2.75, 3.05) is 46.1 Å². The Morgan fingerprint density at radius 2 is 0.750 bits per heavy atom. The number of nitrogens with zero attached hydrogens (tertiary/aromatic N) is 6. The molecule has 3 aromatic carbocycles. The molecule has 576 valence electrons. The van der Waals surface area contributed by atoms with Crippen molar-refractivity contribution in [1.82, 2.24) is 44.4 Å². The minimum Gasteiger partial charge on any atom is -0.503 e. The van der Waals surface area contributed by atoms with Crippen molar-refractivity contribution in [3.63, 3.8) is 0 Å². The van der Waals surface area contributed by atoms with Gasteiger partial charge in [0.05, 0.1) is 49.7 Å². The average Bonchev–Trinajstić information content (AvgIpc) is 1.26. The molecule has 108 heavy (non-hydrogen) atoms. The average molecular weight is 1520 g/mol. The zero-order valence-electron chi connectivity index (χ0n) is 59.5. The normalized spacial score (nSPS) is 20.7. The van der Waals surface area contributed by atoms with Crippen LogP contribution in [0.4, 0.5) is 39.5 Å². The number of aliphatic hydroxyl groups is 1. The molecule has 3 aromatic heterocycles. The van der Waals surface area contributed by atoms with Crippen molar-refractivity contribution in [3.8, 4) is 17.2 Å². The first-order valence-corrected chi connectivity index (χ1v) is 34.9. The molecule has 0 fully saturated rings. The minimum atomic E-state index is -1.20. The summed E-state index contributed by atoms with van der Waals surface area (Å²) in [6, 6.07) is 0.294. The SMILES string of the molecule is CCCCOc1c2n(cc(C(=O)NCc3c(F)cc(F)cc3F)c1=O)[C@@H]1CN(C2=O)[C@@H](C)C=C[C@@H]1O.CCCCOc1c2n(cc(C(=O)NCc3c(F)cc(F)cc3F)c1=O)[C@@H]1CN(C2=O)[C@@H](C)C=C[C@@H]1OCC.CCO[C@H]1C=C[C@H](C)N2C[C@H]1n1cc(C(=O)NCc3c(F)cc(F)cc3F)c(=O)c(O)c1C2=O. The Kier molecular flexibility index (Phi) is 25.1. The topological polar surface area (TPSA) is 292 Å². The summed E-state index contributed by atoms with van der Waals surface area (Å²) in [4.78, 5) is 123. The molecule has 9 heterocycles. The van der Waals surface area contributed by atoms with Gasteiger partial charge in [-0.2, -0.15) is 0 Å². The van der Waals surface area contributed by atoms with E-state index in [-0.39, 0.29) is 85.1 Å². The number of pyridine rings is 3. The Morgan fingerprint density at radius 1 is 0.444 bits per heavy atom. The Hall–Kier alpha value is -10.8. The maximum atomic E-state index is 14.1. The number of unbranched alkanes of at least 4 members (excludes halogenated alkanes) is 2. The van der Waals surface area contributed by atoms with Gasteiger partial charge in [0.1, 0.15) is 69.0 Å². The number of fused-ring (bicyclic) bond motifs is 12. The first kappa shape index (κ1) is 79.8. The minimum absolute atomic E-state index is 0.0229. The van der Waals surface area contributed by atoms with E-state index in [2.05, 4.69) is 16.0 Å². The molecule has 0 unspecified atom stereocenters. The highest BCUT2D eigenvalue weighted by Gasteiger charge is 2.45. The number of aromatic hydroxyl groups is 1. The number of hydrogen-bond donors (Lipinski definition) is 5. The second-order valence-corrected chi connectivity index (χ2v) is 26.2. The van der Waals surface area contributed by atoms with Gasteiger partial charge in [-0.15, -0.1) is 0 Å². The summed E-state index contributed by atoms with van der Waals surface area (Å²) >= 11 is 0. The fraction of sp³-hybridized carbons (Fsp3) is 0.400. The number of rotatable bonds is 21.